The predicted octanol–water partition coefficient (Wildman–Crippen LogP) is 1.19. The van der Waals surface area contributed by atoms with Gasteiger partial charge in [-0.25, -0.2) is 4.39 Å². The molecule has 13 heavy (non-hydrogen) atoms. The normalized spacial score (nSPS) is 27.8. The van der Waals surface area contributed by atoms with Crippen molar-refractivity contribution < 1.29 is 4.39 Å². The Hall–Kier alpha value is -0.930. The summed E-state index contributed by atoms with van der Waals surface area (Å²) in [6, 6.07) is 7.11. The minimum Gasteiger partial charge on any atom is -0.326 e. The molecule has 0 aliphatic carbocycles. The van der Waals surface area contributed by atoms with Crippen molar-refractivity contribution in [3.63, 3.8) is 0 Å². The second kappa shape index (κ2) is 3.44. The Morgan fingerprint density at radius 1 is 1.46 bits per heavy atom. The highest BCUT2D eigenvalue weighted by Gasteiger charge is 2.22. The number of benzene rings is 1. The third kappa shape index (κ3) is 1.87. The molecular formula is C10H13FN2. The van der Waals surface area contributed by atoms with E-state index < -0.39 is 0 Å². The standard InChI is InChI=1S/C10H13FN2/c11-8-3-1-2-7(4-8)10-5-9(12)6-13-10/h1-4,9-10,13H,5-6,12H2. The molecule has 3 N–H and O–H groups in total. The van der Waals surface area contributed by atoms with E-state index in [1.807, 2.05) is 6.07 Å². The maximum Gasteiger partial charge on any atom is 0.123 e. The van der Waals surface area contributed by atoms with Crippen molar-refractivity contribution in [2.45, 2.75) is 18.5 Å². The average Bonchev–Trinajstić information content (AvgIpc) is 2.52. The lowest BCUT2D eigenvalue weighted by Crippen LogP contribution is -2.22. The molecule has 1 fully saturated rings. The molecule has 0 saturated carbocycles. The molecule has 1 aromatic carbocycles. The molecule has 1 saturated heterocycles. The minimum absolute atomic E-state index is 0.181. The van der Waals surface area contributed by atoms with Crippen LogP contribution in [0, 0.1) is 5.82 Å². The van der Waals surface area contributed by atoms with Gasteiger partial charge in [0, 0.05) is 18.6 Å². The summed E-state index contributed by atoms with van der Waals surface area (Å²) in [6.07, 6.45) is 0.892. The van der Waals surface area contributed by atoms with Crippen LogP contribution in [0.2, 0.25) is 0 Å². The molecule has 0 amide bonds. The van der Waals surface area contributed by atoms with E-state index in [0.717, 1.165) is 18.5 Å². The van der Waals surface area contributed by atoms with Gasteiger partial charge in [0.25, 0.3) is 0 Å². The van der Waals surface area contributed by atoms with Gasteiger partial charge in [-0.15, -0.1) is 0 Å². The van der Waals surface area contributed by atoms with Gasteiger partial charge in [-0.05, 0) is 24.1 Å². The zero-order valence-electron chi connectivity index (χ0n) is 7.33. The van der Waals surface area contributed by atoms with Crippen molar-refractivity contribution in [2.24, 2.45) is 5.73 Å². The highest BCUT2D eigenvalue weighted by Crippen LogP contribution is 2.22. The summed E-state index contributed by atoms with van der Waals surface area (Å²) in [5.41, 5.74) is 6.74. The number of rotatable bonds is 1. The molecule has 1 aliphatic heterocycles. The second-order valence-corrected chi connectivity index (χ2v) is 3.51. The fourth-order valence-corrected chi connectivity index (χ4v) is 1.74. The van der Waals surface area contributed by atoms with Crippen LogP contribution in [0.15, 0.2) is 24.3 Å². The Morgan fingerprint density at radius 3 is 2.92 bits per heavy atom. The summed E-state index contributed by atoms with van der Waals surface area (Å²) < 4.78 is 12.9. The van der Waals surface area contributed by atoms with Crippen LogP contribution in [0.4, 0.5) is 4.39 Å². The second-order valence-electron chi connectivity index (χ2n) is 3.51. The lowest BCUT2D eigenvalue weighted by Gasteiger charge is -2.09. The molecule has 0 radical (unpaired) electrons. The topological polar surface area (TPSA) is 38.0 Å². The molecule has 0 bridgehead atoms. The van der Waals surface area contributed by atoms with Gasteiger partial charge in [0.05, 0.1) is 0 Å². The molecule has 2 unspecified atom stereocenters. The molecule has 1 aliphatic rings. The molecule has 3 heteroatoms. The first kappa shape index (κ1) is 8.66. The SMILES string of the molecule is NC1CNC(c2cccc(F)c2)C1. The van der Waals surface area contributed by atoms with E-state index in [-0.39, 0.29) is 17.9 Å². The van der Waals surface area contributed by atoms with Crippen LogP contribution in [-0.2, 0) is 0 Å². The Morgan fingerprint density at radius 2 is 2.31 bits per heavy atom. The smallest absolute Gasteiger partial charge is 0.123 e. The summed E-state index contributed by atoms with van der Waals surface area (Å²) in [4.78, 5) is 0. The van der Waals surface area contributed by atoms with Gasteiger partial charge < -0.3 is 11.1 Å². The van der Waals surface area contributed by atoms with Crippen LogP contribution in [0.25, 0.3) is 0 Å². The summed E-state index contributed by atoms with van der Waals surface area (Å²) in [7, 11) is 0. The van der Waals surface area contributed by atoms with Crippen molar-refractivity contribution in [2.75, 3.05) is 6.54 Å². The largest absolute Gasteiger partial charge is 0.326 e. The number of hydrogen-bond donors (Lipinski definition) is 2. The maximum atomic E-state index is 12.9. The molecule has 0 spiro atoms. The zero-order valence-corrected chi connectivity index (χ0v) is 7.33. The molecule has 2 nitrogen and oxygen atoms in total. The Bertz CT molecular complexity index is 301. The Kier molecular flexibility index (Phi) is 2.29. The molecule has 1 aromatic rings. The fourth-order valence-electron chi connectivity index (χ4n) is 1.74. The van der Waals surface area contributed by atoms with Crippen molar-refractivity contribution in [3.8, 4) is 0 Å². The molecule has 1 heterocycles. The van der Waals surface area contributed by atoms with Crippen molar-refractivity contribution in [3.05, 3.63) is 35.6 Å². The average molecular weight is 180 g/mol. The van der Waals surface area contributed by atoms with E-state index in [1.54, 1.807) is 12.1 Å². The third-order valence-electron chi connectivity index (χ3n) is 2.42. The van der Waals surface area contributed by atoms with E-state index in [9.17, 15) is 4.39 Å². The monoisotopic (exact) mass is 180 g/mol. The lowest BCUT2D eigenvalue weighted by atomic mass is 10.0. The van der Waals surface area contributed by atoms with Gasteiger partial charge in [0.15, 0.2) is 0 Å². The van der Waals surface area contributed by atoms with Crippen LogP contribution in [0.1, 0.15) is 18.0 Å². The van der Waals surface area contributed by atoms with Crippen LogP contribution < -0.4 is 11.1 Å². The highest BCUT2D eigenvalue weighted by atomic mass is 19.1. The molecule has 2 atom stereocenters. The molecule has 0 aromatic heterocycles. The summed E-state index contributed by atoms with van der Waals surface area (Å²) in [6.45, 7) is 0.821. The van der Waals surface area contributed by atoms with Crippen molar-refractivity contribution in [1.82, 2.24) is 5.32 Å². The van der Waals surface area contributed by atoms with E-state index in [4.69, 9.17) is 5.73 Å². The van der Waals surface area contributed by atoms with E-state index >= 15 is 0 Å². The van der Waals surface area contributed by atoms with Crippen molar-refractivity contribution in [1.29, 1.82) is 0 Å². The van der Waals surface area contributed by atoms with Gasteiger partial charge in [0.2, 0.25) is 0 Å². The maximum absolute atomic E-state index is 12.9. The van der Waals surface area contributed by atoms with E-state index in [1.165, 1.54) is 6.07 Å². The van der Waals surface area contributed by atoms with Crippen LogP contribution in [0.3, 0.4) is 0 Å². The van der Waals surface area contributed by atoms with Gasteiger partial charge in [-0.1, -0.05) is 12.1 Å². The first-order chi connectivity index (χ1) is 6.25. The highest BCUT2D eigenvalue weighted by molar-refractivity contribution is 5.21. The minimum atomic E-state index is -0.181. The molecule has 70 valence electrons. The van der Waals surface area contributed by atoms with Gasteiger partial charge in [-0.2, -0.15) is 0 Å². The number of nitrogens with one attached hydrogen (secondary N) is 1. The van der Waals surface area contributed by atoms with Gasteiger partial charge >= 0.3 is 0 Å². The molecular weight excluding hydrogens is 167 g/mol. The summed E-state index contributed by atoms with van der Waals surface area (Å²) >= 11 is 0. The van der Waals surface area contributed by atoms with Crippen molar-refractivity contribution >= 4 is 0 Å². The quantitative estimate of drug-likeness (QED) is 0.681. The molecule has 2 rings (SSSR count). The van der Waals surface area contributed by atoms with E-state index in [2.05, 4.69) is 5.32 Å². The zero-order chi connectivity index (χ0) is 9.26. The number of halogens is 1. The fraction of sp³-hybridized carbons (Fsp3) is 0.400. The first-order valence-electron chi connectivity index (χ1n) is 4.50. The predicted molar refractivity (Wildman–Crippen MR) is 49.7 cm³/mol. The first-order valence-corrected chi connectivity index (χ1v) is 4.50. The summed E-state index contributed by atoms with van der Waals surface area (Å²) in [5.74, 6) is -0.181. The van der Waals surface area contributed by atoms with Gasteiger partial charge in [-0.3, -0.25) is 0 Å². The van der Waals surface area contributed by atoms with Gasteiger partial charge in [0.1, 0.15) is 5.82 Å². The van der Waals surface area contributed by atoms with E-state index in [0.29, 0.717) is 0 Å². The summed E-state index contributed by atoms with van der Waals surface area (Å²) in [5, 5.41) is 3.26. The third-order valence-corrected chi connectivity index (χ3v) is 2.42. The van der Waals surface area contributed by atoms with Crippen LogP contribution in [-0.4, -0.2) is 12.6 Å². The Labute approximate surface area is 76.9 Å². The van der Waals surface area contributed by atoms with Crippen LogP contribution in [0.5, 0.6) is 0 Å². The van der Waals surface area contributed by atoms with Crippen LogP contribution >= 0.6 is 0 Å². The Balaban J connectivity index is 2.16. The number of hydrogen-bond acceptors (Lipinski definition) is 2. The number of nitrogens with two attached hydrogens (primary N) is 1. The lowest BCUT2D eigenvalue weighted by molar-refractivity contribution is 0.604.